The van der Waals surface area contributed by atoms with Crippen molar-refractivity contribution in [1.82, 2.24) is 4.90 Å². The van der Waals surface area contributed by atoms with Crippen LogP contribution in [0.1, 0.15) is 60.7 Å². The molecular formula is C25H32N2O3. The second kappa shape index (κ2) is 10.3. The predicted molar refractivity (Wildman–Crippen MR) is 120 cm³/mol. The lowest BCUT2D eigenvalue weighted by Gasteiger charge is -2.30. The summed E-state index contributed by atoms with van der Waals surface area (Å²) in [6.45, 7) is 8.74. The van der Waals surface area contributed by atoms with Crippen LogP contribution in [0.4, 0.5) is 5.69 Å². The third-order valence-corrected chi connectivity index (χ3v) is 5.50. The Bertz CT molecular complexity index is 870. The predicted octanol–water partition coefficient (Wildman–Crippen LogP) is 5.24. The number of ether oxygens (including phenoxy) is 1. The molecule has 2 aromatic rings. The Morgan fingerprint density at radius 3 is 2.50 bits per heavy atom. The monoisotopic (exact) mass is 408 g/mol. The van der Waals surface area contributed by atoms with Crippen molar-refractivity contribution in [3.8, 4) is 5.75 Å². The lowest BCUT2D eigenvalue weighted by atomic mass is 9.98. The highest BCUT2D eigenvalue weighted by molar-refractivity contribution is 6.05. The van der Waals surface area contributed by atoms with Crippen molar-refractivity contribution >= 4 is 17.5 Å². The molecule has 3 rings (SSSR count). The van der Waals surface area contributed by atoms with Gasteiger partial charge >= 0.3 is 0 Å². The SMILES string of the molecule is CC(C)CCOc1cccc(C(=O)Nc2cccc(C(=O)N3CCC(C)CC3)c2)c1. The minimum absolute atomic E-state index is 0.0264. The number of anilines is 1. The first kappa shape index (κ1) is 21.9. The van der Waals surface area contributed by atoms with Gasteiger partial charge in [-0.3, -0.25) is 9.59 Å². The van der Waals surface area contributed by atoms with Crippen molar-refractivity contribution in [3.05, 3.63) is 59.7 Å². The van der Waals surface area contributed by atoms with Crippen LogP contribution in [-0.2, 0) is 0 Å². The van der Waals surface area contributed by atoms with Gasteiger partial charge in [0.2, 0.25) is 0 Å². The highest BCUT2D eigenvalue weighted by atomic mass is 16.5. The average molecular weight is 409 g/mol. The first-order chi connectivity index (χ1) is 14.4. The Hall–Kier alpha value is -2.82. The van der Waals surface area contributed by atoms with E-state index in [-0.39, 0.29) is 11.8 Å². The average Bonchev–Trinajstić information content (AvgIpc) is 2.74. The van der Waals surface area contributed by atoms with Gasteiger partial charge in [0.1, 0.15) is 5.75 Å². The Morgan fingerprint density at radius 1 is 1.07 bits per heavy atom. The number of likely N-dealkylation sites (tertiary alicyclic amines) is 1. The third-order valence-electron chi connectivity index (χ3n) is 5.50. The van der Waals surface area contributed by atoms with Crippen LogP contribution >= 0.6 is 0 Å². The van der Waals surface area contributed by atoms with Crippen LogP contribution in [0.3, 0.4) is 0 Å². The fraction of sp³-hybridized carbons (Fsp3) is 0.440. The number of carbonyl (C=O) groups excluding carboxylic acids is 2. The van der Waals surface area contributed by atoms with Gasteiger partial charge in [0, 0.05) is 29.9 Å². The van der Waals surface area contributed by atoms with Crippen LogP contribution < -0.4 is 10.1 Å². The lowest BCUT2D eigenvalue weighted by molar-refractivity contribution is 0.0697. The molecule has 0 aromatic heterocycles. The molecule has 2 aromatic carbocycles. The Kier molecular flexibility index (Phi) is 7.50. The van der Waals surface area contributed by atoms with Crippen LogP contribution in [0.2, 0.25) is 0 Å². The minimum Gasteiger partial charge on any atom is -0.494 e. The van der Waals surface area contributed by atoms with Crippen molar-refractivity contribution in [2.45, 2.75) is 40.0 Å². The van der Waals surface area contributed by atoms with Gasteiger partial charge in [-0.25, -0.2) is 0 Å². The topological polar surface area (TPSA) is 58.6 Å². The highest BCUT2D eigenvalue weighted by Gasteiger charge is 2.21. The number of benzene rings is 2. The van der Waals surface area contributed by atoms with E-state index in [1.807, 2.05) is 17.0 Å². The van der Waals surface area contributed by atoms with Crippen molar-refractivity contribution in [3.63, 3.8) is 0 Å². The normalized spacial score (nSPS) is 14.6. The van der Waals surface area contributed by atoms with Gasteiger partial charge in [-0.05, 0) is 67.5 Å². The molecule has 1 aliphatic heterocycles. The zero-order valence-electron chi connectivity index (χ0n) is 18.2. The number of nitrogens with one attached hydrogen (secondary N) is 1. The largest absolute Gasteiger partial charge is 0.494 e. The van der Waals surface area contributed by atoms with Gasteiger partial charge in [0.15, 0.2) is 0 Å². The van der Waals surface area contributed by atoms with Gasteiger partial charge in [-0.15, -0.1) is 0 Å². The molecule has 2 amide bonds. The standard InChI is InChI=1S/C25H32N2O3/c1-18(2)12-15-30-23-9-5-6-20(17-23)24(28)26-22-8-4-7-21(16-22)25(29)27-13-10-19(3)11-14-27/h4-9,16-19H,10-15H2,1-3H3,(H,26,28). The Morgan fingerprint density at radius 2 is 1.77 bits per heavy atom. The number of piperidine rings is 1. The summed E-state index contributed by atoms with van der Waals surface area (Å²) in [5.41, 5.74) is 1.74. The van der Waals surface area contributed by atoms with E-state index in [0.717, 1.165) is 32.4 Å². The van der Waals surface area contributed by atoms with Crippen LogP contribution in [0.25, 0.3) is 0 Å². The first-order valence-corrected chi connectivity index (χ1v) is 10.9. The van der Waals surface area contributed by atoms with E-state index in [1.165, 1.54) is 0 Å². The van der Waals surface area contributed by atoms with Crippen LogP contribution in [-0.4, -0.2) is 36.4 Å². The molecule has 1 saturated heterocycles. The maximum absolute atomic E-state index is 12.8. The van der Waals surface area contributed by atoms with E-state index in [2.05, 4.69) is 26.1 Å². The summed E-state index contributed by atoms with van der Waals surface area (Å²) in [5.74, 6) is 1.73. The van der Waals surface area contributed by atoms with Gasteiger partial charge in [0.05, 0.1) is 6.61 Å². The van der Waals surface area contributed by atoms with E-state index in [4.69, 9.17) is 4.74 Å². The molecule has 0 unspecified atom stereocenters. The quantitative estimate of drug-likeness (QED) is 0.682. The first-order valence-electron chi connectivity index (χ1n) is 10.9. The summed E-state index contributed by atoms with van der Waals surface area (Å²) >= 11 is 0. The number of carbonyl (C=O) groups is 2. The van der Waals surface area contributed by atoms with E-state index >= 15 is 0 Å². The smallest absolute Gasteiger partial charge is 0.255 e. The maximum Gasteiger partial charge on any atom is 0.255 e. The zero-order valence-corrected chi connectivity index (χ0v) is 18.2. The third kappa shape index (κ3) is 6.09. The molecule has 1 aliphatic rings. The van der Waals surface area contributed by atoms with Gasteiger partial charge < -0.3 is 15.0 Å². The molecule has 5 nitrogen and oxygen atoms in total. The summed E-state index contributed by atoms with van der Waals surface area (Å²) in [6.07, 6.45) is 3.04. The van der Waals surface area contributed by atoms with E-state index < -0.39 is 0 Å². The zero-order chi connectivity index (χ0) is 21.5. The second-order valence-corrected chi connectivity index (χ2v) is 8.57. The number of nitrogens with zero attached hydrogens (tertiary/aromatic N) is 1. The van der Waals surface area contributed by atoms with Crippen LogP contribution in [0, 0.1) is 11.8 Å². The molecule has 0 radical (unpaired) electrons. The van der Waals surface area contributed by atoms with Crippen LogP contribution in [0.5, 0.6) is 5.75 Å². The lowest BCUT2D eigenvalue weighted by Crippen LogP contribution is -2.37. The molecule has 0 bridgehead atoms. The molecule has 160 valence electrons. The molecule has 1 N–H and O–H groups in total. The molecule has 0 saturated carbocycles. The van der Waals surface area contributed by atoms with Gasteiger partial charge in [-0.2, -0.15) is 0 Å². The molecular weight excluding hydrogens is 376 g/mol. The number of amides is 2. The van der Waals surface area contributed by atoms with Crippen molar-refractivity contribution < 1.29 is 14.3 Å². The fourth-order valence-electron chi connectivity index (χ4n) is 3.47. The number of hydrogen-bond donors (Lipinski definition) is 1. The number of hydrogen-bond acceptors (Lipinski definition) is 3. The van der Waals surface area contributed by atoms with Gasteiger partial charge in [-0.1, -0.05) is 32.9 Å². The van der Waals surface area contributed by atoms with E-state index in [9.17, 15) is 9.59 Å². The molecule has 1 fully saturated rings. The van der Waals surface area contributed by atoms with Crippen molar-refractivity contribution in [2.75, 3.05) is 25.0 Å². The van der Waals surface area contributed by atoms with Crippen molar-refractivity contribution in [1.29, 1.82) is 0 Å². The number of rotatable bonds is 7. The van der Waals surface area contributed by atoms with Crippen LogP contribution in [0.15, 0.2) is 48.5 Å². The Labute approximate surface area is 179 Å². The summed E-state index contributed by atoms with van der Waals surface area (Å²) in [7, 11) is 0. The molecule has 5 heteroatoms. The minimum atomic E-state index is -0.222. The fourth-order valence-corrected chi connectivity index (χ4v) is 3.47. The summed E-state index contributed by atoms with van der Waals surface area (Å²) in [5, 5.41) is 2.90. The molecule has 30 heavy (non-hydrogen) atoms. The molecule has 0 spiro atoms. The second-order valence-electron chi connectivity index (χ2n) is 8.57. The van der Waals surface area contributed by atoms with Crippen molar-refractivity contribution in [2.24, 2.45) is 11.8 Å². The summed E-state index contributed by atoms with van der Waals surface area (Å²) in [4.78, 5) is 27.4. The van der Waals surface area contributed by atoms with Gasteiger partial charge in [0.25, 0.3) is 11.8 Å². The molecule has 1 heterocycles. The van der Waals surface area contributed by atoms with E-state index in [0.29, 0.717) is 41.0 Å². The summed E-state index contributed by atoms with van der Waals surface area (Å²) in [6, 6.07) is 14.3. The van der Waals surface area contributed by atoms with E-state index in [1.54, 1.807) is 36.4 Å². The Balaban J connectivity index is 1.63. The maximum atomic E-state index is 12.8. The molecule has 0 atom stereocenters. The molecule has 0 aliphatic carbocycles. The highest BCUT2D eigenvalue weighted by Crippen LogP contribution is 2.21. The summed E-state index contributed by atoms with van der Waals surface area (Å²) < 4.78 is 5.75.